The maximum atomic E-state index is 9.25. The van der Waals surface area contributed by atoms with E-state index in [0.29, 0.717) is 0 Å². The normalized spacial score (nSPS) is 16.5. The van der Waals surface area contributed by atoms with Crippen molar-refractivity contribution in [3.8, 4) is 0 Å². The number of pyridine rings is 1. The molecule has 5 heteroatoms. The van der Waals surface area contributed by atoms with Crippen molar-refractivity contribution in [3.05, 3.63) is 60.3 Å². The van der Waals surface area contributed by atoms with E-state index in [1.54, 1.807) is 0 Å². The fourth-order valence-electron chi connectivity index (χ4n) is 2.89. The number of benzene rings is 1. The summed E-state index contributed by atoms with van der Waals surface area (Å²) in [6, 6.07) is 15.9. The first-order valence-electron chi connectivity index (χ1n) is 8.01. The lowest BCUT2D eigenvalue weighted by Crippen LogP contribution is -2.47. The Labute approximate surface area is 136 Å². The largest absolute Gasteiger partial charge is 0.411 e. The smallest absolute Gasteiger partial charge is 0.128 e. The lowest BCUT2D eigenvalue weighted by atomic mass is 10.1. The molecule has 0 radical (unpaired) electrons. The maximum Gasteiger partial charge on any atom is 0.128 e. The van der Waals surface area contributed by atoms with E-state index in [1.807, 2.05) is 48.7 Å². The van der Waals surface area contributed by atoms with Crippen molar-refractivity contribution in [2.24, 2.45) is 5.16 Å². The molecule has 2 heterocycles. The SMILES string of the molecule is O/N=C(/CCN1CCN(c2ccccn2)CC1)c1ccccc1. The van der Waals surface area contributed by atoms with Gasteiger partial charge in [-0.1, -0.05) is 41.6 Å². The van der Waals surface area contributed by atoms with E-state index in [9.17, 15) is 5.21 Å². The molecule has 1 saturated heterocycles. The predicted molar refractivity (Wildman–Crippen MR) is 92.3 cm³/mol. The van der Waals surface area contributed by atoms with Crippen LogP contribution in [-0.2, 0) is 0 Å². The summed E-state index contributed by atoms with van der Waals surface area (Å²) in [5, 5.41) is 12.7. The molecule has 120 valence electrons. The molecule has 0 bridgehead atoms. The molecule has 0 atom stereocenters. The van der Waals surface area contributed by atoms with E-state index in [-0.39, 0.29) is 0 Å². The van der Waals surface area contributed by atoms with Gasteiger partial charge < -0.3 is 10.1 Å². The Morgan fingerprint density at radius 1 is 1.00 bits per heavy atom. The summed E-state index contributed by atoms with van der Waals surface area (Å²) in [6.45, 7) is 4.88. The van der Waals surface area contributed by atoms with Gasteiger partial charge in [-0.25, -0.2) is 4.98 Å². The molecule has 2 aromatic rings. The Morgan fingerprint density at radius 3 is 2.39 bits per heavy atom. The molecule has 0 aliphatic carbocycles. The third-order valence-corrected chi connectivity index (χ3v) is 4.24. The van der Waals surface area contributed by atoms with Crippen LogP contribution in [0.5, 0.6) is 0 Å². The van der Waals surface area contributed by atoms with E-state index in [1.165, 1.54) is 0 Å². The standard InChI is InChI=1S/C18H22N4O/c23-20-17(16-6-2-1-3-7-16)9-11-21-12-14-22(15-13-21)18-8-4-5-10-19-18/h1-8,10,23H,9,11-15H2/b20-17-. The minimum absolute atomic E-state index is 0.748. The van der Waals surface area contributed by atoms with Crippen molar-refractivity contribution in [1.29, 1.82) is 0 Å². The summed E-state index contributed by atoms with van der Waals surface area (Å²) in [4.78, 5) is 9.13. The molecular weight excluding hydrogens is 288 g/mol. The Hall–Kier alpha value is -2.40. The highest BCUT2D eigenvalue weighted by molar-refractivity contribution is 6.00. The number of piperazine rings is 1. The van der Waals surface area contributed by atoms with Crippen molar-refractivity contribution in [2.45, 2.75) is 6.42 Å². The molecule has 0 saturated carbocycles. The van der Waals surface area contributed by atoms with Gasteiger partial charge in [0.2, 0.25) is 0 Å². The van der Waals surface area contributed by atoms with Gasteiger partial charge in [-0.3, -0.25) is 4.90 Å². The second-order valence-corrected chi connectivity index (χ2v) is 5.68. The Bertz CT molecular complexity index is 622. The summed E-state index contributed by atoms with van der Waals surface area (Å²) in [6.07, 6.45) is 2.59. The topological polar surface area (TPSA) is 52.0 Å². The molecule has 1 aromatic heterocycles. The average Bonchev–Trinajstić information content (AvgIpc) is 2.64. The van der Waals surface area contributed by atoms with E-state index in [4.69, 9.17) is 0 Å². The van der Waals surface area contributed by atoms with Gasteiger partial charge in [-0.2, -0.15) is 0 Å². The number of rotatable bonds is 5. The van der Waals surface area contributed by atoms with E-state index < -0.39 is 0 Å². The van der Waals surface area contributed by atoms with Crippen LogP contribution in [0.1, 0.15) is 12.0 Å². The predicted octanol–water partition coefficient (Wildman–Crippen LogP) is 2.47. The lowest BCUT2D eigenvalue weighted by molar-refractivity contribution is 0.262. The Kier molecular flexibility index (Phi) is 5.21. The average molecular weight is 310 g/mol. The van der Waals surface area contributed by atoms with Crippen LogP contribution in [-0.4, -0.2) is 53.5 Å². The Morgan fingerprint density at radius 2 is 1.74 bits per heavy atom. The van der Waals surface area contributed by atoms with Crippen molar-refractivity contribution in [1.82, 2.24) is 9.88 Å². The first-order chi connectivity index (χ1) is 11.4. The molecule has 0 amide bonds. The zero-order valence-electron chi connectivity index (χ0n) is 13.2. The van der Waals surface area contributed by atoms with Crippen molar-refractivity contribution in [2.75, 3.05) is 37.6 Å². The zero-order valence-corrected chi connectivity index (χ0v) is 13.2. The second kappa shape index (κ2) is 7.74. The summed E-state index contributed by atoms with van der Waals surface area (Å²) in [5.74, 6) is 1.05. The van der Waals surface area contributed by atoms with Gasteiger partial charge in [0.05, 0.1) is 5.71 Å². The fraction of sp³-hybridized carbons (Fsp3) is 0.333. The summed E-state index contributed by atoms with van der Waals surface area (Å²) < 4.78 is 0. The molecule has 5 nitrogen and oxygen atoms in total. The van der Waals surface area contributed by atoms with Crippen LogP contribution in [0.3, 0.4) is 0 Å². The molecule has 0 unspecified atom stereocenters. The first kappa shape index (κ1) is 15.5. The van der Waals surface area contributed by atoms with Crippen LogP contribution in [0.15, 0.2) is 59.9 Å². The van der Waals surface area contributed by atoms with Gasteiger partial charge >= 0.3 is 0 Å². The van der Waals surface area contributed by atoms with Gasteiger partial charge in [0.15, 0.2) is 0 Å². The fourth-order valence-corrected chi connectivity index (χ4v) is 2.89. The van der Waals surface area contributed by atoms with Crippen molar-refractivity contribution < 1.29 is 5.21 Å². The van der Waals surface area contributed by atoms with E-state index in [0.717, 1.165) is 56.2 Å². The van der Waals surface area contributed by atoms with Crippen LogP contribution in [0, 0.1) is 0 Å². The van der Waals surface area contributed by atoms with Crippen LogP contribution in [0.2, 0.25) is 0 Å². The van der Waals surface area contributed by atoms with Gasteiger partial charge in [0, 0.05) is 45.3 Å². The summed E-state index contributed by atoms with van der Waals surface area (Å²) >= 11 is 0. The van der Waals surface area contributed by atoms with Crippen LogP contribution < -0.4 is 4.90 Å². The molecule has 23 heavy (non-hydrogen) atoms. The number of nitrogens with zero attached hydrogens (tertiary/aromatic N) is 4. The molecule has 1 N–H and O–H groups in total. The molecular formula is C18H22N4O. The number of aromatic nitrogens is 1. The zero-order chi connectivity index (χ0) is 15.9. The van der Waals surface area contributed by atoms with Gasteiger partial charge in [0.1, 0.15) is 5.82 Å². The summed E-state index contributed by atoms with van der Waals surface area (Å²) in [7, 11) is 0. The Balaban J connectivity index is 1.49. The quantitative estimate of drug-likeness (QED) is 0.524. The van der Waals surface area contributed by atoms with Crippen molar-refractivity contribution >= 4 is 11.5 Å². The maximum absolute atomic E-state index is 9.25. The molecule has 1 aromatic carbocycles. The highest BCUT2D eigenvalue weighted by atomic mass is 16.4. The highest BCUT2D eigenvalue weighted by Crippen LogP contribution is 2.13. The minimum Gasteiger partial charge on any atom is -0.411 e. The minimum atomic E-state index is 0.748. The number of oxime groups is 1. The number of anilines is 1. The molecule has 3 rings (SSSR count). The van der Waals surface area contributed by atoms with Crippen molar-refractivity contribution in [3.63, 3.8) is 0 Å². The third kappa shape index (κ3) is 4.07. The number of hydrogen-bond acceptors (Lipinski definition) is 5. The van der Waals surface area contributed by atoms with Gasteiger partial charge in [-0.15, -0.1) is 0 Å². The van der Waals surface area contributed by atoms with Crippen LogP contribution >= 0.6 is 0 Å². The van der Waals surface area contributed by atoms with Gasteiger partial charge in [0.25, 0.3) is 0 Å². The van der Waals surface area contributed by atoms with Crippen LogP contribution in [0.25, 0.3) is 0 Å². The first-order valence-corrected chi connectivity index (χ1v) is 8.01. The molecule has 1 fully saturated rings. The third-order valence-electron chi connectivity index (χ3n) is 4.24. The molecule has 1 aliphatic heterocycles. The number of hydrogen-bond donors (Lipinski definition) is 1. The van der Waals surface area contributed by atoms with Crippen LogP contribution in [0.4, 0.5) is 5.82 Å². The van der Waals surface area contributed by atoms with E-state index in [2.05, 4.69) is 26.0 Å². The monoisotopic (exact) mass is 310 g/mol. The highest BCUT2D eigenvalue weighted by Gasteiger charge is 2.18. The van der Waals surface area contributed by atoms with E-state index >= 15 is 0 Å². The summed E-state index contributed by atoms with van der Waals surface area (Å²) in [5.41, 5.74) is 1.74. The lowest BCUT2D eigenvalue weighted by Gasteiger charge is -2.35. The second-order valence-electron chi connectivity index (χ2n) is 5.68. The molecule has 0 spiro atoms. The molecule has 1 aliphatic rings. The van der Waals surface area contributed by atoms with Gasteiger partial charge in [-0.05, 0) is 17.7 Å².